The molecule has 0 aromatic heterocycles. The topological polar surface area (TPSA) is 52.1 Å². The van der Waals surface area contributed by atoms with Crippen LogP contribution in [0.5, 0.6) is 0 Å². The van der Waals surface area contributed by atoms with E-state index in [4.69, 9.17) is 4.74 Å². The Hall–Kier alpha value is -2.48. The molecule has 1 unspecified atom stereocenters. The second-order valence-corrected chi connectivity index (χ2v) is 8.03. The third kappa shape index (κ3) is 7.02. The monoisotopic (exact) mass is 427 g/mol. The molecule has 0 spiro atoms. The maximum atomic E-state index is 13.5. The summed E-state index contributed by atoms with van der Waals surface area (Å²) >= 11 is 0. The number of benzene rings is 2. The largest absolute Gasteiger partial charge is 0.379 e. The van der Waals surface area contributed by atoms with Gasteiger partial charge < -0.3 is 20.3 Å². The fourth-order valence-corrected chi connectivity index (χ4v) is 3.85. The van der Waals surface area contributed by atoms with Gasteiger partial charge in [0.2, 0.25) is 0 Å². The first kappa shape index (κ1) is 23.2. The molecule has 2 aromatic carbocycles. The van der Waals surface area contributed by atoms with Crippen LogP contribution in [0.1, 0.15) is 22.7 Å². The third-order valence-corrected chi connectivity index (χ3v) is 5.48. The Morgan fingerprint density at radius 2 is 1.74 bits per heavy atom. The van der Waals surface area contributed by atoms with Crippen molar-refractivity contribution in [3.05, 3.63) is 71.0 Å². The molecule has 2 aromatic rings. The summed E-state index contributed by atoms with van der Waals surface area (Å²) in [5, 5.41) is 6.90. The van der Waals surface area contributed by atoms with Gasteiger partial charge in [0.15, 0.2) is 5.96 Å². The Morgan fingerprint density at radius 1 is 1.06 bits per heavy atom. The van der Waals surface area contributed by atoms with E-state index >= 15 is 0 Å². The number of hydrogen-bond acceptors (Lipinski definition) is 4. The van der Waals surface area contributed by atoms with Crippen LogP contribution in [-0.2, 0) is 17.8 Å². The molecule has 1 fully saturated rings. The average molecular weight is 428 g/mol. The fraction of sp³-hybridized carbons (Fsp3) is 0.458. The van der Waals surface area contributed by atoms with Crippen LogP contribution in [-0.4, -0.2) is 69.8 Å². The lowest BCUT2D eigenvalue weighted by molar-refractivity contribution is 0.0170. The van der Waals surface area contributed by atoms with Crippen molar-refractivity contribution in [2.45, 2.75) is 19.1 Å². The Morgan fingerprint density at radius 3 is 2.39 bits per heavy atom. The van der Waals surface area contributed by atoms with Crippen LogP contribution in [0.15, 0.2) is 53.5 Å². The Bertz CT molecular complexity index is 834. The molecule has 1 aliphatic heterocycles. The lowest BCUT2D eigenvalue weighted by atomic mass is 10.0. The van der Waals surface area contributed by atoms with Crippen LogP contribution in [0, 0.1) is 5.82 Å². The minimum Gasteiger partial charge on any atom is -0.379 e. The van der Waals surface area contributed by atoms with Gasteiger partial charge in [0.25, 0.3) is 0 Å². The molecule has 6 nitrogen and oxygen atoms in total. The maximum Gasteiger partial charge on any atom is 0.191 e. The molecule has 1 atom stereocenters. The van der Waals surface area contributed by atoms with Crippen LogP contribution < -0.4 is 10.6 Å². The molecule has 1 aliphatic rings. The highest BCUT2D eigenvalue weighted by atomic mass is 19.1. The number of morpholine rings is 1. The lowest BCUT2D eigenvalue weighted by Gasteiger charge is -2.35. The predicted octanol–water partition coefficient (Wildman–Crippen LogP) is 2.63. The lowest BCUT2D eigenvalue weighted by Crippen LogP contribution is -2.46. The van der Waals surface area contributed by atoms with Gasteiger partial charge in [-0.05, 0) is 42.9 Å². The van der Waals surface area contributed by atoms with Crippen LogP contribution in [0.25, 0.3) is 0 Å². The van der Waals surface area contributed by atoms with Gasteiger partial charge >= 0.3 is 0 Å². The first-order valence-corrected chi connectivity index (χ1v) is 10.8. The Balaban J connectivity index is 1.64. The average Bonchev–Trinajstić information content (AvgIpc) is 2.78. The third-order valence-electron chi connectivity index (χ3n) is 5.48. The van der Waals surface area contributed by atoms with E-state index in [2.05, 4.69) is 63.8 Å². The minimum absolute atomic E-state index is 0.115. The number of aliphatic imine (C=N–C) groups is 1. The van der Waals surface area contributed by atoms with E-state index in [1.807, 2.05) is 12.1 Å². The molecule has 0 bridgehead atoms. The second-order valence-electron chi connectivity index (χ2n) is 8.03. The summed E-state index contributed by atoms with van der Waals surface area (Å²) in [6.45, 7) is 5.41. The van der Waals surface area contributed by atoms with Crippen LogP contribution >= 0.6 is 0 Å². The van der Waals surface area contributed by atoms with Crippen molar-refractivity contribution in [1.82, 2.24) is 20.4 Å². The van der Waals surface area contributed by atoms with Crippen LogP contribution in [0.4, 0.5) is 4.39 Å². The molecule has 0 amide bonds. The van der Waals surface area contributed by atoms with Gasteiger partial charge in [-0.1, -0.05) is 36.4 Å². The molecule has 0 aliphatic carbocycles. The molecule has 31 heavy (non-hydrogen) atoms. The molecule has 0 radical (unpaired) electrons. The van der Waals surface area contributed by atoms with E-state index in [-0.39, 0.29) is 11.9 Å². The summed E-state index contributed by atoms with van der Waals surface area (Å²) in [5.74, 6) is 0.534. The van der Waals surface area contributed by atoms with Gasteiger partial charge in [-0.15, -0.1) is 0 Å². The molecule has 1 heterocycles. The molecule has 168 valence electrons. The zero-order valence-electron chi connectivity index (χ0n) is 18.8. The highest BCUT2D eigenvalue weighted by Gasteiger charge is 2.23. The minimum atomic E-state index is -0.216. The Labute approximate surface area is 185 Å². The van der Waals surface area contributed by atoms with Crippen molar-refractivity contribution < 1.29 is 9.13 Å². The van der Waals surface area contributed by atoms with E-state index in [0.717, 1.165) is 31.2 Å². The first-order valence-electron chi connectivity index (χ1n) is 10.8. The number of hydrogen-bond donors (Lipinski definition) is 2. The van der Waals surface area contributed by atoms with Crippen molar-refractivity contribution in [3.63, 3.8) is 0 Å². The summed E-state index contributed by atoms with van der Waals surface area (Å²) in [5.41, 5.74) is 3.64. The summed E-state index contributed by atoms with van der Waals surface area (Å²) in [6, 6.07) is 15.3. The van der Waals surface area contributed by atoms with Gasteiger partial charge in [0.05, 0.1) is 19.3 Å². The fourth-order valence-electron chi connectivity index (χ4n) is 3.85. The standard InChI is InChI=1S/C24H34FN5O/c1-26-24(27-16-20-6-4-5-7-21(20)18-29(2)3)28-17-23(30-12-14-31-15-13-30)19-8-10-22(25)11-9-19/h4-11,23H,12-18H2,1-3H3,(H2,26,27,28). The second kappa shape index (κ2) is 11.8. The van der Waals surface area contributed by atoms with Gasteiger partial charge in [-0.2, -0.15) is 0 Å². The summed E-state index contributed by atoms with van der Waals surface area (Å²) < 4.78 is 19.0. The highest BCUT2D eigenvalue weighted by molar-refractivity contribution is 5.79. The van der Waals surface area contributed by atoms with Crippen molar-refractivity contribution >= 4 is 5.96 Å². The van der Waals surface area contributed by atoms with Gasteiger partial charge in [-0.25, -0.2) is 4.39 Å². The van der Waals surface area contributed by atoms with Crippen molar-refractivity contribution in [2.75, 3.05) is 54.0 Å². The van der Waals surface area contributed by atoms with E-state index in [1.165, 1.54) is 23.3 Å². The number of rotatable bonds is 8. The zero-order valence-corrected chi connectivity index (χ0v) is 18.8. The van der Waals surface area contributed by atoms with Crippen molar-refractivity contribution in [1.29, 1.82) is 0 Å². The van der Waals surface area contributed by atoms with E-state index < -0.39 is 0 Å². The summed E-state index contributed by atoms with van der Waals surface area (Å²) in [4.78, 5) is 8.95. The van der Waals surface area contributed by atoms with E-state index in [0.29, 0.717) is 26.3 Å². The SMILES string of the molecule is CN=C(NCc1ccccc1CN(C)C)NCC(c1ccc(F)cc1)N1CCOCC1. The molecule has 0 saturated carbocycles. The molecular weight excluding hydrogens is 393 g/mol. The molecule has 3 rings (SSSR count). The Kier molecular flexibility index (Phi) is 8.82. The molecule has 1 saturated heterocycles. The molecule has 7 heteroatoms. The van der Waals surface area contributed by atoms with Gasteiger partial charge in [0, 0.05) is 39.8 Å². The highest BCUT2D eigenvalue weighted by Crippen LogP contribution is 2.21. The van der Waals surface area contributed by atoms with Crippen molar-refractivity contribution in [3.8, 4) is 0 Å². The van der Waals surface area contributed by atoms with E-state index in [9.17, 15) is 4.39 Å². The smallest absolute Gasteiger partial charge is 0.191 e. The number of halogens is 1. The number of ether oxygens (including phenoxy) is 1. The number of nitrogens with zero attached hydrogens (tertiary/aromatic N) is 3. The van der Waals surface area contributed by atoms with Gasteiger partial charge in [-0.3, -0.25) is 9.89 Å². The zero-order chi connectivity index (χ0) is 22.1. The number of nitrogens with one attached hydrogen (secondary N) is 2. The summed E-state index contributed by atoms with van der Waals surface area (Å²) in [6.07, 6.45) is 0. The normalized spacial score (nSPS) is 16.4. The molecule has 2 N–H and O–H groups in total. The first-order chi connectivity index (χ1) is 15.1. The number of guanidine groups is 1. The van der Waals surface area contributed by atoms with E-state index in [1.54, 1.807) is 7.05 Å². The quantitative estimate of drug-likeness (QED) is 0.501. The predicted molar refractivity (Wildman–Crippen MR) is 124 cm³/mol. The van der Waals surface area contributed by atoms with Gasteiger partial charge in [0.1, 0.15) is 5.82 Å². The molecular formula is C24H34FN5O. The van der Waals surface area contributed by atoms with Crippen molar-refractivity contribution in [2.24, 2.45) is 4.99 Å². The van der Waals surface area contributed by atoms with Crippen LogP contribution in [0.3, 0.4) is 0 Å². The summed E-state index contributed by atoms with van der Waals surface area (Å²) in [7, 11) is 5.93. The maximum absolute atomic E-state index is 13.5. The van der Waals surface area contributed by atoms with Crippen LogP contribution in [0.2, 0.25) is 0 Å².